The maximum absolute atomic E-state index is 6.29. The van der Waals surface area contributed by atoms with Crippen LogP contribution in [0.2, 0.25) is 5.15 Å². The SMILES string of the molecule is CC1(C)Cc2c(c(N3CCOCC3)[nH+]c3sc4c(Cl)nnnc4c23)CO1. The minimum atomic E-state index is -0.220. The molecule has 3 aromatic rings. The van der Waals surface area contributed by atoms with Crippen LogP contribution in [-0.4, -0.2) is 47.3 Å². The lowest BCUT2D eigenvalue weighted by Crippen LogP contribution is -2.42. The van der Waals surface area contributed by atoms with Gasteiger partial charge in [0.2, 0.25) is 0 Å². The van der Waals surface area contributed by atoms with Crippen LogP contribution in [0.1, 0.15) is 25.0 Å². The molecule has 2 aliphatic heterocycles. The second-order valence-corrected chi connectivity index (χ2v) is 8.70. The lowest BCUT2D eigenvalue weighted by atomic mass is 9.90. The Kier molecular flexibility index (Phi) is 3.79. The van der Waals surface area contributed by atoms with Gasteiger partial charge in [-0.3, -0.25) is 4.90 Å². The molecule has 7 nitrogen and oxygen atoms in total. The molecule has 3 aromatic heterocycles. The Bertz CT molecular complexity index is 1020. The summed E-state index contributed by atoms with van der Waals surface area (Å²) >= 11 is 7.88. The molecule has 0 unspecified atom stereocenters. The van der Waals surface area contributed by atoms with E-state index in [1.54, 1.807) is 11.3 Å². The molecular formula is C17H19ClN5O2S+. The van der Waals surface area contributed by atoms with Gasteiger partial charge < -0.3 is 9.47 Å². The molecule has 26 heavy (non-hydrogen) atoms. The van der Waals surface area contributed by atoms with Gasteiger partial charge >= 0.3 is 0 Å². The van der Waals surface area contributed by atoms with Crippen LogP contribution in [0.25, 0.3) is 20.4 Å². The number of rotatable bonds is 1. The van der Waals surface area contributed by atoms with E-state index >= 15 is 0 Å². The summed E-state index contributed by atoms with van der Waals surface area (Å²) in [6.07, 6.45) is 0.818. The number of morpholine rings is 1. The number of ether oxygens (including phenoxy) is 2. The summed E-state index contributed by atoms with van der Waals surface area (Å²) in [5.74, 6) is 1.12. The smallest absolute Gasteiger partial charge is 0.281 e. The number of anilines is 1. The Morgan fingerprint density at radius 2 is 2.00 bits per heavy atom. The van der Waals surface area contributed by atoms with Crippen molar-refractivity contribution in [1.82, 2.24) is 15.4 Å². The summed E-state index contributed by atoms with van der Waals surface area (Å²) in [5.41, 5.74) is 3.08. The number of nitrogens with zero attached hydrogens (tertiary/aromatic N) is 4. The number of nitrogens with one attached hydrogen (secondary N) is 1. The predicted molar refractivity (Wildman–Crippen MR) is 99.9 cm³/mol. The summed E-state index contributed by atoms with van der Waals surface area (Å²) in [5, 5.41) is 13.5. The second kappa shape index (κ2) is 5.95. The Labute approximate surface area is 159 Å². The van der Waals surface area contributed by atoms with Crippen LogP contribution in [0.4, 0.5) is 5.82 Å². The van der Waals surface area contributed by atoms with Crippen molar-refractivity contribution in [2.24, 2.45) is 0 Å². The molecule has 0 spiro atoms. The van der Waals surface area contributed by atoms with Crippen LogP contribution in [0.5, 0.6) is 0 Å². The first-order valence-corrected chi connectivity index (χ1v) is 9.88. The van der Waals surface area contributed by atoms with Gasteiger partial charge in [-0.2, -0.15) is 0 Å². The molecule has 1 saturated heterocycles. The first-order chi connectivity index (χ1) is 12.5. The van der Waals surface area contributed by atoms with Crippen molar-refractivity contribution in [2.75, 3.05) is 31.2 Å². The van der Waals surface area contributed by atoms with Gasteiger partial charge in [0.15, 0.2) is 9.98 Å². The zero-order chi connectivity index (χ0) is 17.9. The van der Waals surface area contributed by atoms with E-state index < -0.39 is 0 Å². The van der Waals surface area contributed by atoms with E-state index in [1.807, 2.05) is 0 Å². The standard InChI is InChI=1S/C17H18ClN5O2S/c1-17(2)7-9-10(8-25-17)15(23-3-5-24-6-4-23)19-16-11(9)12-13(26-16)14(18)21-22-20-12/h3-8H2,1-2H3/p+1. The van der Waals surface area contributed by atoms with Gasteiger partial charge in [0.1, 0.15) is 18.6 Å². The lowest BCUT2D eigenvalue weighted by molar-refractivity contribution is -0.329. The average molecular weight is 393 g/mol. The highest BCUT2D eigenvalue weighted by atomic mass is 35.5. The topological polar surface area (TPSA) is 74.5 Å². The van der Waals surface area contributed by atoms with E-state index in [2.05, 4.69) is 39.1 Å². The van der Waals surface area contributed by atoms with E-state index in [-0.39, 0.29) is 5.60 Å². The molecule has 0 saturated carbocycles. The number of fused-ring (bicyclic) bond motifs is 5. The molecule has 0 aromatic carbocycles. The van der Waals surface area contributed by atoms with Crippen molar-refractivity contribution in [3.05, 3.63) is 16.3 Å². The summed E-state index contributed by atoms with van der Waals surface area (Å²) in [6.45, 7) is 8.03. The van der Waals surface area contributed by atoms with E-state index in [0.717, 1.165) is 59.0 Å². The normalized spacial score (nSPS) is 19.9. The van der Waals surface area contributed by atoms with Crippen LogP contribution >= 0.6 is 22.9 Å². The first kappa shape index (κ1) is 16.6. The van der Waals surface area contributed by atoms with Gasteiger partial charge in [0.25, 0.3) is 5.82 Å². The highest BCUT2D eigenvalue weighted by Gasteiger charge is 2.36. The molecule has 0 radical (unpaired) electrons. The minimum absolute atomic E-state index is 0.220. The van der Waals surface area contributed by atoms with Gasteiger partial charge in [0.05, 0.1) is 41.1 Å². The van der Waals surface area contributed by atoms with E-state index in [9.17, 15) is 0 Å². The van der Waals surface area contributed by atoms with Gasteiger partial charge in [0, 0.05) is 6.42 Å². The Balaban J connectivity index is 1.82. The molecule has 136 valence electrons. The van der Waals surface area contributed by atoms with E-state index in [0.29, 0.717) is 11.8 Å². The third-order valence-electron chi connectivity index (χ3n) is 5.07. The Morgan fingerprint density at radius 3 is 2.81 bits per heavy atom. The molecule has 5 rings (SSSR count). The molecule has 0 bridgehead atoms. The average Bonchev–Trinajstić information content (AvgIpc) is 3.01. The van der Waals surface area contributed by atoms with Crippen molar-refractivity contribution >= 4 is 49.2 Å². The summed E-state index contributed by atoms with van der Waals surface area (Å²) < 4.78 is 12.5. The van der Waals surface area contributed by atoms with Gasteiger partial charge in [-0.15, -0.1) is 10.2 Å². The van der Waals surface area contributed by atoms with E-state index in [1.165, 1.54) is 11.1 Å². The lowest BCUT2D eigenvalue weighted by Gasteiger charge is -2.33. The van der Waals surface area contributed by atoms with E-state index in [4.69, 9.17) is 21.1 Å². The number of hydrogen-bond donors (Lipinski definition) is 0. The molecule has 5 heterocycles. The third-order valence-corrected chi connectivity index (χ3v) is 6.55. The van der Waals surface area contributed by atoms with Gasteiger partial charge in [-0.25, -0.2) is 4.98 Å². The van der Waals surface area contributed by atoms with Crippen LogP contribution < -0.4 is 9.88 Å². The zero-order valence-corrected chi connectivity index (χ0v) is 16.2. The van der Waals surface area contributed by atoms with Crippen LogP contribution in [-0.2, 0) is 22.5 Å². The number of hydrogen-bond acceptors (Lipinski definition) is 7. The number of halogens is 1. The fourth-order valence-corrected chi connectivity index (χ4v) is 5.08. The number of thiophene rings is 1. The molecule has 2 aliphatic rings. The number of pyridine rings is 1. The Morgan fingerprint density at radius 1 is 1.19 bits per heavy atom. The molecule has 1 N–H and O–H groups in total. The molecular weight excluding hydrogens is 374 g/mol. The quantitative estimate of drug-likeness (QED) is 0.633. The number of H-pyrrole nitrogens is 1. The van der Waals surface area contributed by atoms with Crippen LogP contribution in [0.15, 0.2) is 0 Å². The molecule has 0 atom stereocenters. The zero-order valence-electron chi connectivity index (χ0n) is 14.6. The first-order valence-electron chi connectivity index (χ1n) is 8.68. The predicted octanol–water partition coefficient (Wildman–Crippen LogP) is 2.39. The highest BCUT2D eigenvalue weighted by Crippen LogP contribution is 2.42. The maximum Gasteiger partial charge on any atom is 0.281 e. The second-order valence-electron chi connectivity index (χ2n) is 7.32. The molecule has 1 fully saturated rings. The largest absolute Gasteiger partial charge is 0.373 e. The van der Waals surface area contributed by atoms with Gasteiger partial charge in [-0.05, 0) is 24.6 Å². The monoisotopic (exact) mass is 392 g/mol. The maximum atomic E-state index is 6.29. The number of aromatic amines is 1. The molecule has 9 heteroatoms. The van der Waals surface area contributed by atoms with Crippen molar-refractivity contribution < 1.29 is 14.5 Å². The highest BCUT2D eigenvalue weighted by molar-refractivity contribution is 7.25. The van der Waals surface area contributed by atoms with Crippen molar-refractivity contribution in [1.29, 1.82) is 0 Å². The summed E-state index contributed by atoms with van der Waals surface area (Å²) in [4.78, 5) is 7.03. The number of aromatic nitrogens is 4. The Hall–Kier alpha value is -1.61. The molecule has 0 amide bonds. The summed E-state index contributed by atoms with van der Waals surface area (Å²) in [7, 11) is 0. The minimum Gasteiger partial charge on any atom is -0.373 e. The summed E-state index contributed by atoms with van der Waals surface area (Å²) in [6, 6.07) is 0. The van der Waals surface area contributed by atoms with Crippen LogP contribution in [0.3, 0.4) is 0 Å². The fraction of sp³-hybridized carbons (Fsp3) is 0.529. The van der Waals surface area contributed by atoms with Crippen molar-refractivity contribution in [3.63, 3.8) is 0 Å². The third kappa shape index (κ3) is 2.55. The molecule has 0 aliphatic carbocycles. The van der Waals surface area contributed by atoms with Crippen molar-refractivity contribution in [3.8, 4) is 0 Å². The van der Waals surface area contributed by atoms with Crippen molar-refractivity contribution in [2.45, 2.75) is 32.5 Å². The van der Waals surface area contributed by atoms with Gasteiger partial charge in [-0.1, -0.05) is 22.9 Å². The van der Waals surface area contributed by atoms with Crippen LogP contribution in [0, 0.1) is 0 Å². The fourth-order valence-electron chi connectivity index (χ4n) is 3.81.